The number of benzene rings is 2. The Kier molecular flexibility index (Phi) is 9.12. The van der Waals surface area contributed by atoms with Gasteiger partial charge in [0.15, 0.2) is 0 Å². The fraction of sp³-hybridized carbons (Fsp3) is 0.391. The zero-order valence-electron chi connectivity index (χ0n) is 19.6. The number of amides is 2. The lowest BCUT2D eigenvalue weighted by Gasteiger charge is -2.33. The molecule has 0 spiro atoms. The van der Waals surface area contributed by atoms with Crippen molar-refractivity contribution in [1.82, 2.24) is 10.2 Å². The zero-order chi connectivity index (χ0) is 25.8. The molecule has 0 aromatic heterocycles. The molecule has 0 unspecified atom stereocenters. The molecule has 1 N–H and O–H groups in total. The Morgan fingerprint density at radius 2 is 1.82 bits per heavy atom. The Bertz CT molecular complexity index is 1170. The van der Waals surface area contributed by atoms with Crippen LogP contribution in [-0.2, 0) is 26.2 Å². The molecule has 0 aliphatic heterocycles. The number of sulfonamides is 1. The van der Waals surface area contributed by atoms with E-state index in [4.69, 9.17) is 11.6 Å². The van der Waals surface area contributed by atoms with Crippen LogP contribution in [0, 0.1) is 5.82 Å². The van der Waals surface area contributed by atoms with Crippen molar-refractivity contribution in [3.63, 3.8) is 0 Å². The maximum absolute atomic E-state index is 13.6. The first kappa shape index (κ1) is 28.1. The second kappa shape index (κ2) is 11.0. The minimum absolute atomic E-state index is 0.0384. The predicted molar refractivity (Wildman–Crippen MR) is 136 cm³/mol. The first-order valence-corrected chi connectivity index (χ1v) is 13.4. The first-order valence-electron chi connectivity index (χ1n) is 10.4. The second-order valence-electron chi connectivity index (χ2n) is 8.93. The maximum atomic E-state index is 13.6. The number of rotatable bonds is 8. The number of nitrogens with zero attached hydrogens (tertiary/aromatic N) is 2. The number of hydrogen-bond donors (Lipinski definition) is 1. The fourth-order valence-corrected chi connectivity index (χ4v) is 4.61. The molecule has 1 atom stereocenters. The molecule has 2 amide bonds. The van der Waals surface area contributed by atoms with E-state index in [9.17, 15) is 22.4 Å². The normalized spacial score (nSPS) is 12.7. The standard InChI is InChI=1S/C23H28BrClFN3O4S/c1-15(22(31)27-23(2,3)4)28(13-16-7-6-8-17(24)11-16)21(30)14-29(34(5,32)33)18-9-10-20(26)19(25)12-18/h6-12,15H,13-14H2,1-5H3,(H,27,31)/t15-/m0/s1. The van der Waals surface area contributed by atoms with E-state index >= 15 is 0 Å². The van der Waals surface area contributed by atoms with Crippen molar-refractivity contribution >= 4 is 55.1 Å². The lowest BCUT2D eigenvalue weighted by Crippen LogP contribution is -2.54. The van der Waals surface area contributed by atoms with Crippen LogP contribution in [0.2, 0.25) is 5.02 Å². The largest absolute Gasteiger partial charge is 0.350 e. The number of halogens is 3. The molecule has 2 aromatic rings. The Balaban J connectivity index is 2.43. The summed E-state index contributed by atoms with van der Waals surface area (Å²) in [6, 6.07) is 9.72. The van der Waals surface area contributed by atoms with Gasteiger partial charge in [0.2, 0.25) is 21.8 Å². The molecule has 7 nitrogen and oxygen atoms in total. The quantitative estimate of drug-likeness (QED) is 0.507. The van der Waals surface area contributed by atoms with E-state index in [0.717, 1.165) is 32.7 Å². The van der Waals surface area contributed by atoms with Gasteiger partial charge < -0.3 is 10.2 Å². The number of hydrogen-bond acceptors (Lipinski definition) is 4. The number of carbonyl (C=O) groups excluding carboxylic acids is 2. The maximum Gasteiger partial charge on any atom is 0.244 e. The SMILES string of the molecule is C[C@@H](C(=O)NC(C)(C)C)N(Cc1cccc(Br)c1)C(=O)CN(c1ccc(F)c(Cl)c1)S(C)(=O)=O. The van der Waals surface area contributed by atoms with E-state index in [-0.39, 0.29) is 23.2 Å². The lowest BCUT2D eigenvalue weighted by atomic mass is 10.1. The van der Waals surface area contributed by atoms with Crippen LogP contribution in [0.3, 0.4) is 0 Å². The molecule has 2 rings (SSSR count). The van der Waals surface area contributed by atoms with E-state index in [1.807, 2.05) is 32.9 Å². The molecule has 2 aromatic carbocycles. The molecular weight excluding hydrogens is 549 g/mol. The molecule has 0 fully saturated rings. The van der Waals surface area contributed by atoms with Crippen LogP contribution in [0.4, 0.5) is 10.1 Å². The highest BCUT2D eigenvalue weighted by Gasteiger charge is 2.31. The minimum Gasteiger partial charge on any atom is -0.350 e. The highest BCUT2D eigenvalue weighted by molar-refractivity contribution is 9.10. The summed E-state index contributed by atoms with van der Waals surface area (Å²) in [5.41, 5.74) is 0.254. The molecule has 11 heteroatoms. The van der Waals surface area contributed by atoms with Gasteiger partial charge >= 0.3 is 0 Å². The Hall–Kier alpha value is -2.17. The van der Waals surface area contributed by atoms with Crippen molar-refractivity contribution in [3.05, 3.63) is 63.3 Å². The monoisotopic (exact) mass is 575 g/mol. The van der Waals surface area contributed by atoms with E-state index < -0.39 is 39.9 Å². The van der Waals surface area contributed by atoms with Crippen LogP contribution in [0.25, 0.3) is 0 Å². The van der Waals surface area contributed by atoms with Gasteiger partial charge in [-0.15, -0.1) is 0 Å². The summed E-state index contributed by atoms with van der Waals surface area (Å²) in [7, 11) is -3.93. The highest BCUT2D eigenvalue weighted by atomic mass is 79.9. The topological polar surface area (TPSA) is 86.8 Å². The van der Waals surface area contributed by atoms with E-state index in [0.29, 0.717) is 0 Å². The smallest absolute Gasteiger partial charge is 0.244 e. The predicted octanol–water partition coefficient (Wildman–Crippen LogP) is 4.34. The molecule has 0 heterocycles. The summed E-state index contributed by atoms with van der Waals surface area (Å²) in [6.07, 6.45) is 0.936. The lowest BCUT2D eigenvalue weighted by molar-refractivity contribution is -0.140. The van der Waals surface area contributed by atoms with E-state index in [2.05, 4.69) is 21.2 Å². The Labute approximate surface area is 213 Å². The van der Waals surface area contributed by atoms with Crippen LogP contribution in [0.1, 0.15) is 33.3 Å². The third-order valence-corrected chi connectivity index (χ3v) is 6.70. The van der Waals surface area contributed by atoms with Crippen LogP contribution in [-0.4, -0.2) is 49.5 Å². The summed E-state index contributed by atoms with van der Waals surface area (Å²) >= 11 is 9.22. The van der Waals surface area contributed by atoms with Gasteiger partial charge in [-0.25, -0.2) is 12.8 Å². The molecule has 186 valence electrons. The van der Waals surface area contributed by atoms with Crippen molar-refractivity contribution in [3.8, 4) is 0 Å². The molecule has 0 aliphatic rings. The first-order chi connectivity index (χ1) is 15.6. The average Bonchev–Trinajstić information content (AvgIpc) is 2.69. The van der Waals surface area contributed by atoms with E-state index in [1.165, 1.54) is 11.0 Å². The second-order valence-corrected chi connectivity index (χ2v) is 12.2. The summed E-state index contributed by atoms with van der Waals surface area (Å²) in [4.78, 5) is 27.7. The molecule has 0 aliphatic carbocycles. The van der Waals surface area contributed by atoms with Crippen molar-refractivity contribution in [2.24, 2.45) is 0 Å². The molecular formula is C23H28BrClFN3O4S. The van der Waals surface area contributed by atoms with Gasteiger partial charge in [0.1, 0.15) is 18.4 Å². The van der Waals surface area contributed by atoms with Gasteiger partial charge in [-0.2, -0.15) is 0 Å². The van der Waals surface area contributed by atoms with Crippen LogP contribution >= 0.6 is 27.5 Å². The molecule has 0 saturated heterocycles. The summed E-state index contributed by atoms with van der Waals surface area (Å²) < 4.78 is 40.3. The van der Waals surface area contributed by atoms with E-state index in [1.54, 1.807) is 19.1 Å². The molecule has 0 bridgehead atoms. The summed E-state index contributed by atoms with van der Waals surface area (Å²) in [5.74, 6) is -1.71. The van der Waals surface area contributed by atoms with Crippen molar-refractivity contribution < 1.29 is 22.4 Å². The summed E-state index contributed by atoms with van der Waals surface area (Å²) in [5, 5.41) is 2.57. The van der Waals surface area contributed by atoms with Gasteiger partial charge in [0.25, 0.3) is 0 Å². The van der Waals surface area contributed by atoms with Gasteiger partial charge in [0.05, 0.1) is 17.0 Å². The van der Waals surface area contributed by atoms with Crippen LogP contribution < -0.4 is 9.62 Å². The molecule has 34 heavy (non-hydrogen) atoms. The molecule has 0 saturated carbocycles. The van der Waals surface area contributed by atoms with Crippen LogP contribution in [0.15, 0.2) is 46.9 Å². The fourth-order valence-electron chi connectivity index (χ4n) is 3.14. The van der Waals surface area contributed by atoms with Crippen LogP contribution in [0.5, 0.6) is 0 Å². The van der Waals surface area contributed by atoms with Crippen molar-refractivity contribution in [2.75, 3.05) is 17.1 Å². The third kappa shape index (κ3) is 7.95. The molecule has 0 radical (unpaired) electrons. The Morgan fingerprint density at radius 3 is 2.35 bits per heavy atom. The van der Waals surface area contributed by atoms with Gasteiger partial charge in [-0.05, 0) is 63.6 Å². The zero-order valence-corrected chi connectivity index (χ0v) is 22.8. The van der Waals surface area contributed by atoms with Crippen molar-refractivity contribution in [1.29, 1.82) is 0 Å². The Morgan fingerprint density at radius 1 is 1.18 bits per heavy atom. The third-order valence-electron chi connectivity index (χ3n) is 4.78. The number of anilines is 1. The van der Waals surface area contributed by atoms with Gasteiger partial charge in [-0.3, -0.25) is 13.9 Å². The average molecular weight is 577 g/mol. The number of nitrogens with one attached hydrogen (secondary N) is 1. The summed E-state index contributed by atoms with van der Waals surface area (Å²) in [6.45, 7) is 6.52. The van der Waals surface area contributed by atoms with Gasteiger partial charge in [0, 0.05) is 16.6 Å². The highest BCUT2D eigenvalue weighted by Crippen LogP contribution is 2.25. The van der Waals surface area contributed by atoms with Crippen molar-refractivity contribution in [2.45, 2.75) is 45.8 Å². The minimum atomic E-state index is -3.93. The van der Waals surface area contributed by atoms with Gasteiger partial charge in [-0.1, -0.05) is 39.7 Å². The number of carbonyl (C=O) groups is 2.